The number of nitrogens with one attached hydrogen (secondary N) is 1. The summed E-state index contributed by atoms with van der Waals surface area (Å²) in [5, 5.41) is 11.6. The number of carbonyl (C=O) groups excluding carboxylic acids is 2. The second-order valence-corrected chi connectivity index (χ2v) is 8.57. The lowest BCUT2D eigenvalue weighted by Gasteiger charge is -2.34. The highest BCUT2D eigenvalue weighted by molar-refractivity contribution is 5.96. The lowest BCUT2D eigenvalue weighted by atomic mass is 10.0. The van der Waals surface area contributed by atoms with E-state index in [2.05, 4.69) is 10.2 Å². The van der Waals surface area contributed by atoms with E-state index in [9.17, 15) is 14.4 Å². The zero-order valence-electron chi connectivity index (χ0n) is 17.9. The zero-order valence-corrected chi connectivity index (χ0v) is 17.9. The van der Waals surface area contributed by atoms with Crippen molar-refractivity contribution in [3.05, 3.63) is 59.7 Å². The number of piperazine rings is 1. The van der Waals surface area contributed by atoms with Crippen molar-refractivity contribution < 1.29 is 19.5 Å². The lowest BCUT2D eigenvalue weighted by Crippen LogP contribution is -2.50. The van der Waals surface area contributed by atoms with Gasteiger partial charge in [0.05, 0.1) is 18.2 Å². The average Bonchev–Trinajstić information content (AvgIpc) is 3.59. The Balaban J connectivity index is 1.29. The summed E-state index contributed by atoms with van der Waals surface area (Å²) in [6.07, 6.45) is 2.92. The number of hydrogen-bond donors (Lipinski definition) is 3. The van der Waals surface area contributed by atoms with Crippen LogP contribution in [0.25, 0.3) is 0 Å². The van der Waals surface area contributed by atoms with Crippen molar-refractivity contribution in [3.63, 3.8) is 0 Å². The van der Waals surface area contributed by atoms with E-state index in [0.717, 1.165) is 30.3 Å². The first-order valence-electron chi connectivity index (χ1n) is 10.9. The van der Waals surface area contributed by atoms with Gasteiger partial charge in [0.15, 0.2) is 0 Å². The van der Waals surface area contributed by atoms with Gasteiger partial charge < -0.3 is 21.1 Å². The number of anilines is 2. The topological polar surface area (TPSA) is 116 Å². The number of amides is 2. The molecule has 1 atom stereocenters. The van der Waals surface area contributed by atoms with Crippen LogP contribution < -0.4 is 16.0 Å². The van der Waals surface area contributed by atoms with Gasteiger partial charge in [-0.3, -0.25) is 14.5 Å². The summed E-state index contributed by atoms with van der Waals surface area (Å²) < 4.78 is 0. The van der Waals surface area contributed by atoms with Crippen LogP contribution in [-0.4, -0.2) is 60.0 Å². The van der Waals surface area contributed by atoms with E-state index >= 15 is 0 Å². The van der Waals surface area contributed by atoms with Gasteiger partial charge in [-0.1, -0.05) is 12.1 Å². The van der Waals surface area contributed by atoms with Crippen molar-refractivity contribution in [1.29, 1.82) is 0 Å². The minimum absolute atomic E-state index is 0.120. The average molecular weight is 437 g/mol. The molecule has 8 heteroatoms. The SMILES string of the molecule is N[C@@H](Cc1ccc(N2CCN(CC3CC3)CC2=O)cc1)C(=O)Nc1ccc(C(=O)O)cc1. The molecule has 1 aliphatic heterocycles. The van der Waals surface area contributed by atoms with E-state index in [1.807, 2.05) is 29.2 Å². The Morgan fingerprint density at radius 3 is 2.34 bits per heavy atom. The Hall–Kier alpha value is -3.23. The maximum absolute atomic E-state index is 12.6. The quantitative estimate of drug-likeness (QED) is 0.583. The van der Waals surface area contributed by atoms with Crippen LogP contribution in [0.1, 0.15) is 28.8 Å². The summed E-state index contributed by atoms with van der Waals surface area (Å²) in [6.45, 7) is 3.08. The first kappa shape index (κ1) is 22.0. The number of rotatable bonds is 8. The number of hydrogen-bond acceptors (Lipinski definition) is 5. The van der Waals surface area contributed by atoms with Gasteiger partial charge in [-0.15, -0.1) is 0 Å². The fourth-order valence-electron chi connectivity index (χ4n) is 3.91. The summed E-state index contributed by atoms with van der Waals surface area (Å²) in [4.78, 5) is 39.9. The van der Waals surface area contributed by atoms with E-state index in [1.54, 1.807) is 0 Å². The summed E-state index contributed by atoms with van der Waals surface area (Å²) in [7, 11) is 0. The Kier molecular flexibility index (Phi) is 6.53. The van der Waals surface area contributed by atoms with Crippen LogP contribution >= 0.6 is 0 Å². The van der Waals surface area contributed by atoms with Crippen LogP contribution in [0, 0.1) is 5.92 Å². The number of aromatic carboxylic acids is 1. The fourth-order valence-corrected chi connectivity index (χ4v) is 3.91. The highest BCUT2D eigenvalue weighted by atomic mass is 16.4. The van der Waals surface area contributed by atoms with Crippen LogP contribution in [0.5, 0.6) is 0 Å². The van der Waals surface area contributed by atoms with Crippen LogP contribution in [0.3, 0.4) is 0 Å². The summed E-state index contributed by atoms with van der Waals surface area (Å²) in [6, 6.07) is 12.8. The first-order valence-corrected chi connectivity index (χ1v) is 10.9. The molecular weight excluding hydrogens is 408 g/mol. The van der Waals surface area contributed by atoms with Gasteiger partial charge >= 0.3 is 5.97 Å². The van der Waals surface area contributed by atoms with Crippen molar-refractivity contribution in [2.24, 2.45) is 11.7 Å². The molecule has 32 heavy (non-hydrogen) atoms. The molecule has 0 spiro atoms. The third-order valence-corrected chi connectivity index (χ3v) is 5.95. The van der Waals surface area contributed by atoms with E-state index in [4.69, 9.17) is 10.8 Å². The van der Waals surface area contributed by atoms with E-state index < -0.39 is 12.0 Å². The molecule has 4 rings (SSSR count). The predicted molar refractivity (Wildman–Crippen MR) is 122 cm³/mol. The highest BCUT2D eigenvalue weighted by Gasteiger charge is 2.30. The van der Waals surface area contributed by atoms with E-state index in [-0.39, 0.29) is 17.4 Å². The second kappa shape index (κ2) is 9.50. The molecule has 2 aliphatic rings. The summed E-state index contributed by atoms with van der Waals surface area (Å²) >= 11 is 0. The van der Waals surface area contributed by atoms with Crippen LogP contribution in [0.2, 0.25) is 0 Å². The van der Waals surface area contributed by atoms with Crippen LogP contribution in [0.15, 0.2) is 48.5 Å². The minimum atomic E-state index is -1.02. The number of nitrogens with two attached hydrogens (primary N) is 1. The number of carboxylic acids is 1. The van der Waals surface area contributed by atoms with Gasteiger partial charge in [-0.25, -0.2) is 4.79 Å². The Morgan fingerprint density at radius 1 is 1.06 bits per heavy atom. The first-order chi connectivity index (χ1) is 15.4. The molecule has 0 radical (unpaired) electrons. The van der Waals surface area contributed by atoms with Gasteiger partial charge in [-0.05, 0) is 67.1 Å². The van der Waals surface area contributed by atoms with Gasteiger partial charge in [0.1, 0.15) is 0 Å². The second-order valence-electron chi connectivity index (χ2n) is 8.57. The molecule has 2 fully saturated rings. The number of benzene rings is 2. The van der Waals surface area contributed by atoms with Crippen molar-refractivity contribution in [1.82, 2.24) is 4.90 Å². The van der Waals surface area contributed by atoms with Gasteiger partial charge in [-0.2, -0.15) is 0 Å². The van der Waals surface area contributed by atoms with Crippen LogP contribution in [0.4, 0.5) is 11.4 Å². The maximum Gasteiger partial charge on any atom is 0.335 e. The standard InChI is InChI=1S/C24H28N4O4/c25-21(23(30)26-19-7-5-18(6-8-19)24(31)32)13-16-3-9-20(10-4-16)28-12-11-27(15-22(28)29)14-17-1-2-17/h3-10,17,21H,1-2,11-15,25H2,(H,26,30)(H,31,32)/t21-/m0/s1. The molecule has 1 aliphatic carbocycles. The van der Waals surface area contributed by atoms with Gasteiger partial charge in [0.25, 0.3) is 0 Å². The predicted octanol–water partition coefficient (Wildman–Crippen LogP) is 1.95. The number of carbonyl (C=O) groups is 3. The molecule has 0 aromatic heterocycles. The molecule has 2 aromatic carbocycles. The monoisotopic (exact) mass is 436 g/mol. The van der Waals surface area contributed by atoms with Gasteiger partial charge in [0, 0.05) is 31.0 Å². The normalized spacial score (nSPS) is 17.8. The Labute approximate surface area is 187 Å². The zero-order chi connectivity index (χ0) is 22.7. The molecule has 2 aromatic rings. The number of carboxylic acid groups (broad SMARTS) is 1. The smallest absolute Gasteiger partial charge is 0.335 e. The van der Waals surface area contributed by atoms with Gasteiger partial charge in [0.2, 0.25) is 11.8 Å². The van der Waals surface area contributed by atoms with Crippen molar-refractivity contribution in [2.45, 2.75) is 25.3 Å². The van der Waals surface area contributed by atoms with E-state index in [0.29, 0.717) is 25.2 Å². The molecular formula is C24H28N4O4. The highest BCUT2D eigenvalue weighted by Crippen LogP contribution is 2.30. The molecule has 168 valence electrons. The summed E-state index contributed by atoms with van der Waals surface area (Å²) in [5.41, 5.74) is 8.46. The molecule has 0 bridgehead atoms. The molecule has 0 unspecified atom stereocenters. The maximum atomic E-state index is 12.6. The third kappa shape index (κ3) is 5.52. The molecule has 4 N–H and O–H groups in total. The van der Waals surface area contributed by atoms with E-state index in [1.165, 1.54) is 37.1 Å². The molecule has 1 saturated carbocycles. The number of nitrogens with zero attached hydrogens (tertiary/aromatic N) is 2. The van der Waals surface area contributed by atoms with Crippen molar-refractivity contribution >= 4 is 29.2 Å². The summed E-state index contributed by atoms with van der Waals surface area (Å²) in [5.74, 6) is -0.474. The minimum Gasteiger partial charge on any atom is -0.478 e. The molecule has 1 saturated heterocycles. The largest absolute Gasteiger partial charge is 0.478 e. The molecule has 2 amide bonds. The lowest BCUT2D eigenvalue weighted by molar-refractivity contribution is -0.121. The Morgan fingerprint density at radius 2 is 1.75 bits per heavy atom. The molecule has 1 heterocycles. The van der Waals surface area contributed by atoms with Crippen molar-refractivity contribution in [2.75, 3.05) is 36.4 Å². The van der Waals surface area contributed by atoms with Crippen LogP contribution in [-0.2, 0) is 16.0 Å². The van der Waals surface area contributed by atoms with Crippen molar-refractivity contribution in [3.8, 4) is 0 Å². The Bertz CT molecular complexity index is 986. The fraction of sp³-hybridized carbons (Fsp3) is 0.375. The third-order valence-electron chi connectivity index (χ3n) is 5.95. The molecule has 8 nitrogen and oxygen atoms in total.